The Hall–Kier alpha value is -0.690. The van der Waals surface area contributed by atoms with Gasteiger partial charge in [0, 0.05) is 0 Å². The van der Waals surface area contributed by atoms with Crippen LogP contribution >= 0.6 is 0 Å². The third-order valence-electron chi connectivity index (χ3n) is 2.14. The lowest BCUT2D eigenvalue weighted by Crippen LogP contribution is -2.77. The first-order chi connectivity index (χ1) is 5.60. The van der Waals surface area contributed by atoms with Gasteiger partial charge in [0.15, 0.2) is 12.2 Å². The fourth-order valence-electron chi connectivity index (χ4n) is 1.39. The van der Waals surface area contributed by atoms with Crippen LogP contribution in [-0.4, -0.2) is 52.0 Å². The third-order valence-corrected chi connectivity index (χ3v) is 2.14. The number of ether oxygens (including phenoxy) is 2. The van der Waals surface area contributed by atoms with Crippen LogP contribution in [0, 0.1) is 0 Å². The lowest BCUT2D eigenvalue weighted by atomic mass is 9.90. The Morgan fingerprint density at radius 1 is 1.50 bits per heavy atom. The topological polar surface area (TPSA) is 96.2 Å². The number of fused-ring (bicyclic) bond motifs is 2. The Labute approximate surface area is 67.3 Å². The van der Waals surface area contributed by atoms with Crippen molar-refractivity contribution < 1.29 is 29.6 Å². The molecule has 3 fully saturated rings. The van der Waals surface area contributed by atoms with Crippen LogP contribution in [-0.2, 0) is 14.3 Å². The molecule has 0 radical (unpaired) electrons. The minimum absolute atomic E-state index is 0.608. The Kier molecular flexibility index (Phi) is 1.43. The van der Waals surface area contributed by atoms with Crippen LogP contribution in [0.1, 0.15) is 0 Å². The van der Waals surface area contributed by atoms with E-state index >= 15 is 0 Å². The van der Waals surface area contributed by atoms with Gasteiger partial charge in [-0.05, 0) is 0 Å². The summed E-state index contributed by atoms with van der Waals surface area (Å²) in [5.41, 5.74) is 0. The zero-order valence-corrected chi connectivity index (χ0v) is 6.01. The van der Waals surface area contributed by atoms with Gasteiger partial charge in [-0.2, -0.15) is 0 Å². The number of hydrogen-bond acceptors (Lipinski definition) is 6. The van der Waals surface area contributed by atoms with Crippen LogP contribution in [0.4, 0.5) is 0 Å². The fraction of sp³-hybridized carbons (Fsp3) is 0.833. The first kappa shape index (κ1) is 7.93. The zero-order chi connectivity index (χ0) is 8.93. The Morgan fingerprint density at radius 2 is 2.17 bits per heavy atom. The number of hydrogen-bond donors (Lipinski definition) is 3. The minimum Gasteiger partial charge on any atom is -0.425 e. The van der Waals surface area contributed by atoms with Gasteiger partial charge in [0.2, 0.25) is 0 Å². The van der Waals surface area contributed by atoms with Crippen LogP contribution in [0.25, 0.3) is 0 Å². The molecule has 0 aliphatic carbocycles. The second-order valence-electron chi connectivity index (χ2n) is 2.86. The lowest BCUT2D eigenvalue weighted by molar-refractivity contribution is -0.428. The van der Waals surface area contributed by atoms with Crippen LogP contribution < -0.4 is 0 Å². The summed E-state index contributed by atoms with van der Waals surface area (Å²) in [5.74, 6) is -2.49. The molecule has 3 aliphatic heterocycles. The largest absolute Gasteiger partial charge is 0.425 e. The molecule has 0 aromatic heterocycles. The van der Waals surface area contributed by atoms with E-state index in [4.69, 9.17) is 14.9 Å². The van der Waals surface area contributed by atoms with Gasteiger partial charge < -0.3 is 24.8 Å². The van der Waals surface area contributed by atoms with E-state index in [2.05, 4.69) is 4.74 Å². The lowest BCUT2D eigenvalue weighted by Gasteiger charge is -2.54. The number of rotatable bonds is 1. The molecule has 6 nitrogen and oxygen atoms in total. The predicted octanol–water partition coefficient (Wildman–Crippen LogP) is -2.65. The summed E-state index contributed by atoms with van der Waals surface area (Å²) >= 11 is 0. The molecule has 0 amide bonds. The smallest absolute Gasteiger partial charge is 0.340 e. The molecule has 0 spiro atoms. The summed E-state index contributed by atoms with van der Waals surface area (Å²) < 4.78 is 9.32. The van der Waals surface area contributed by atoms with Gasteiger partial charge >= 0.3 is 5.97 Å². The average molecular weight is 176 g/mol. The molecular weight excluding hydrogens is 168 g/mol. The summed E-state index contributed by atoms with van der Waals surface area (Å²) in [6, 6.07) is 0. The summed E-state index contributed by atoms with van der Waals surface area (Å²) in [5, 5.41) is 27.0. The molecule has 3 N–H and O–H groups in total. The van der Waals surface area contributed by atoms with Crippen LogP contribution in [0.15, 0.2) is 0 Å². The van der Waals surface area contributed by atoms with Gasteiger partial charge in [-0.1, -0.05) is 0 Å². The minimum atomic E-state index is -1.62. The zero-order valence-electron chi connectivity index (χ0n) is 6.01. The molecular formula is C6H8O6. The highest BCUT2D eigenvalue weighted by atomic mass is 16.8. The standard InChI is InChI=1S/C6H8O6/c7-1-6-4(9)3(11-6)2(8)5(10)12-6/h2-4,7-9H,1H2. The fourth-order valence-corrected chi connectivity index (χ4v) is 1.39. The van der Waals surface area contributed by atoms with Gasteiger partial charge in [-0.25, -0.2) is 4.79 Å². The number of aliphatic hydroxyl groups excluding tert-OH is 3. The van der Waals surface area contributed by atoms with Gasteiger partial charge in [0.1, 0.15) is 12.7 Å². The first-order valence-corrected chi connectivity index (χ1v) is 3.48. The van der Waals surface area contributed by atoms with E-state index in [1.165, 1.54) is 0 Å². The molecule has 0 saturated carbocycles. The number of carbonyl (C=O) groups excluding carboxylic acids is 1. The molecule has 4 unspecified atom stereocenters. The van der Waals surface area contributed by atoms with E-state index in [0.717, 1.165) is 0 Å². The molecule has 3 saturated heterocycles. The van der Waals surface area contributed by atoms with Crippen molar-refractivity contribution in [2.75, 3.05) is 6.61 Å². The quantitative estimate of drug-likeness (QED) is 0.378. The molecule has 2 bridgehead atoms. The molecule has 0 aromatic rings. The summed E-state index contributed by atoms with van der Waals surface area (Å²) in [4.78, 5) is 10.8. The van der Waals surface area contributed by atoms with Crippen LogP contribution in [0.2, 0.25) is 0 Å². The van der Waals surface area contributed by atoms with Crippen LogP contribution in [0.5, 0.6) is 0 Å². The van der Waals surface area contributed by atoms with Gasteiger partial charge in [0.05, 0.1) is 0 Å². The van der Waals surface area contributed by atoms with Crippen molar-refractivity contribution in [1.29, 1.82) is 0 Å². The molecule has 6 heteroatoms. The molecule has 68 valence electrons. The maximum absolute atomic E-state index is 10.8. The normalized spacial score (nSPS) is 51.2. The number of aliphatic hydroxyl groups is 3. The number of carbonyl (C=O) groups is 1. The first-order valence-electron chi connectivity index (χ1n) is 3.48. The molecule has 3 aliphatic rings. The SMILES string of the molecule is O=C1OC2(CO)OC(C1O)C2O. The van der Waals surface area contributed by atoms with E-state index in [1.807, 2.05) is 0 Å². The molecule has 4 atom stereocenters. The maximum atomic E-state index is 10.8. The second-order valence-corrected chi connectivity index (χ2v) is 2.86. The van der Waals surface area contributed by atoms with Crippen molar-refractivity contribution in [3.63, 3.8) is 0 Å². The highest BCUT2D eigenvalue weighted by Gasteiger charge is 2.66. The van der Waals surface area contributed by atoms with Crippen molar-refractivity contribution in [3.8, 4) is 0 Å². The highest BCUT2D eigenvalue weighted by molar-refractivity contribution is 5.77. The summed E-state index contributed by atoms with van der Waals surface area (Å²) in [7, 11) is 0. The van der Waals surface area contributed by atoms with Crippen LogP contribution in [0.3, 0.4) is 0 Å². The van der Waals surface area contributed by atoms with E-state index < -0.39 is 36.7 Å². The monoisotopic (exact) mass is 176 g/mol. The predicted molar refractivity (Wildman–Crippen MR) is 32.8 cm³/mol. The van der Waals surface area contributed by atoms with Crippen molar-refractivity contribution >= 4 is 5.97 Å². The Balaban J connectivity index is 2.21. The summed E-state index contributed by atoms with van der Waals surface area (Å²) in [6.45, 7) is -0.608. The van der Waals surface area contributed by atoms with Crippen molar-refractivity contribution in [2.24, 2.45) is 0 Å². The third kappa shape index (κ3) is 0.700. The maximum Gasteiger partial charge on any atom is 0.340 e. The van der Waals surface area contributed by atoms with E-state index in [1.54, 1.807) is 0 Å². The van der Waals surface area contributed by atoms with Gasteiger partial charge in [0.25, 0.3) is 5.79 Å². The molecule has 3 rings (SSSR count). The van der Waals surface area contributed by atoms with Gasteiger partial charge in [-0.3, -0.25) is 0 Å². The van der Waals surface area contributed by atoms with Crippen molar-refractivity contribution in [2.45, 2.75) is 24.1 Å². The summed E-state index contributed by atoms with van der Waals surface area (Å²) in [6.07, 6.45) is -3.55. The van der Waals surface area contributed by atoms with Crippen molar-refractivity contribution in [1.82, 2.24) is 0 Å². The van der Waals surface area contributed by atoms with E-state index in [9.17, 15) is 9.90 Å². The molecule has 12 heavy (non-hydrogen) atoms. The number of esters is 1. The van der Waals surface area contributed by atoms with Crippen molar-refractivity contribution in [3.05, 3.63) is 0 Å². The average Bonchev–Trinajstić information content (AvgIpc) is 2.07. The van der Waals surface area contributed by atoms with E-state index in [-0.39, 0.29) is 0 Å². The second kappa shape index (κ2) is 2.17. The van der Waals surface area contributed by atoms with E-state index in [0.29, 0.717) is 0 Å². The Bertz CT molecular complexity index is 228. The van der Waals surface area contributed by atoms with Gasteiger partial charge in [-0.15, -0.1) is 0 Å². The highest BCUT2D eigenvalue weighted by Crippen LogP contribution is 2.40. The molecule has 3 heterocycles. The molecule has 0 aromatic carbocycles. The Morgan fingerprint density at radius 3 is 2.67 bits per heavy atom.